The lowest BCUT2D eigenvalue weighted by atomic mass is 10.3. The van der Waals surface area contributed by atoms with Crippen LogP contribution in [0.4, 0.5) is 0 Å². The minimum atomic E-state index is -0.503. The number of hydrogen-bond acceptors (Lipinski definition) is 5. The molecule has 1 atom stereocenters. The number of H-pyrrole nitrogens is 1. The summed E-state index contributed by atoms with van der Waals surface area (Å²) in [5.74, 6) is 1.63. The number of aromatic amines is 1. The van der Waals surface area contributed by atoms with Gasteiger partial charge in [-0.05, 0) is 19.1 Å². The molecule has 7 heteroatoms. The Hall–Kier alpha value is -2.41. The summed E-state index contributed by atoms with van der Waals surface area (Å²) in [5.41, 5.74) is 0. The van der Waals surface area contributed by atoms with Crippen molar-refractivity contribution in [2.75, 3.05) is 13.2 Å². The molecule has 0 spiro atoms. The highest BCUT2D eigenvalue weighted by Gasteiger charge is 2.12. The topological polar surface area (TPSA) is 93.0 Å². The number of furan rings is 1. The minimum absolute atomic E-state index is 0.164. The first-order chi connectivity index (χ1) is 10.2. The Morgan fingerprint density at radius 2 is 2.52 bits per heavy atom. The fraction of sp³-hybridized carbons (Fsp3) is 0.357. The highest BCUT2D eigenvalue weighted by Crippen LogP contribution is 2.14. The van der Waals surface area contributed by atoms with Gasteiger partial charge in [0.2, 0.25) is 11.7 Å². The van der Waals surface area contributed by atoms with Gasteiger partial charge in [0.15, 0.2) is 5.76 Å². The highest BCUT2D eigenvalue weighted by atomic mass is 16.5. The van der Waals surface area contributed by atoms with E-state index in [0.717, 1.165) is 0 Å². The molecule has 0 fully saturated rings. The number of ether oxygens (including phenoxy) is 1. The van der Waals surface area contributed by atoms with Gasteiger partial charge in [0.1, 0.15) is 11.9 Å². The number of carbonyl (C=O) groups is 1. The van der Waals surface area contributed by atoms with E-state index in [0.29, 0.717) is 37.0 Å². The van der Waals surface area contributed by atoms with E-state index in [1.165, 1.54) is 0 Å². The Morgan fingerprint density at radius 1 is 1.67 bits per heavy atom. The van der Waals surface area contributed by atoms with Gasteiger partial charge in [0, 0.05) is 13.0 Å². The zero-order chi connectivity index (χ0) is 15.1. The molecule has 112 valence electrons. The van der Waals surface area contributed by atoms with E-state index < -0.39 is 6.10 Å². The van der Waals surface area contributed by atoms with Gasteiger partial charge in [-0.3, -0.25) is 9.89 Å². The van der Waals surface area contributed by atoms with Crippen molar-refractivity contribution < 1.29 is 13.9 Å². The minimum Gasteiger partial charge on any atom is -0.461 e. The molecular weight excluding hydrogens is 272 g/mol. The van der Waals surface area contributed by atoms with Crippen LogP contribution in [0, 0.1) is 0 Å². The van der Waals surface area contributed by atoms with Crippen LogP contribution in [-0.2, 0) is 16.0 Å². The molecule has 21 heavy (non-hydrogen) atoms. The molecule has 0 aliphatic heterocycles. The molecule has 2 aromatic rings. The second-order valence-corrected chi connectivity index (χ2v) is 4.39. The van der Waals surface area contributed by atoms with E-state index >= 15 is 0 Å². The number of carbonyl (C=O) groups excluding carboxylic acids is 1. The molecule has 0 aromatic carbocycles. The third-order valence-electron chi connectivity index (χ3n) is 2.77. The van der Waals surface area contributed by atoms with E-state index in [1.807, 2.05) is 0 Å². The van der Waals surface area contributed by atoms with Gasteiger partial charge >= 0.3 is 0 Å². The molecule has 0 saturated heterocycles. The lowest BCUT2D eigenvalue weighted by Crippen LogP contribution is -2.35. The zero-order valence-electron chi connectivity index (χ0n) is 11.8. The SMILES string of the molecule is C=CCOC(C)C(=O)NCCc1nc(-c2ccco2)n[nH]1. The van der Waals surface area contributed by atoms with Crippen molar-refractivity contribution in [3.8, 4) is 11.6 Å². The van der Waals surface area contributed by atoms with Crippen LogP contribution >= 0.6 is 0 Å². The summed E-state index contributed by atoms with van der Waals surface area (Å²) >= 11 is 0. The van der Waals surface area contributed by atoms with E-state index in [1.54, 1.807) is 31.4 Å². The van der Waals surface area contributed by atoms with Crippen LogP contribution < -0.4 is 5.32 Å². The van der Waals surface area contributed by atoms with Crippen molar-refractivity contribution in [3.63, 3.8) is 0 Å². The summed E-state index contributed by atoms with van der Waals surface area (Å²) in [4.78, 5) is 16.0. The second-order valence-electron chi connectivity index (χ2n) is 4.39. The molecule has 2 rings (SSSR count). The summed E-state index contributed by atoms with van der Waals surface area (Å²) in [5, 5.41) is 9.64. The first-order valence-electron chi connectivity index (χ1n) is 6.66. The number of aromatic nitrogens is 3. The normalized spacial score (nSPS) is 12.0. The Morgan fingerprint density at radius 3 is 3.24 bits per heavy atom. The lowest BCUT2D eigenvalue weighted by molar-refractivity contribution is -0.130. The number of nitrogens with one attached hydrogen (secondary N) is 2. The number of rotatable bonds is 8. The summed E-state index contributed by atoms with van der Waals surface area (Å²) in [7, 11) is 0. The van der Waals surface area contributed by atoms with E-state index in [2.05, 4.69) is 27.1 Å². The molecule has 2 aromatic heterocycles. The monoisotopic (exact) mass is 290 g/mol. The van der Waals surface area contributed by atoms with Crippen molar-refractivity contribution in [1.29, 1.82) is 0 Å². The summed E-state index contributed by atoms with van der Waals surface area (Å²) < 4.78 is 10.4. The fourth-order valence-electron chi connectivity index (χ4n) is 1.66. The first kappa shape index (κ1) is 15.0. The second kappa shape index (κ2) is 7.39. The number of nitrogens with zero attached hydrogens (tertiary/aromatic N) is 2. The summed E-state index contributed by atoms with van der Waals surface area (Å²) in [6, 6.07) is 3.56. The molecule has 0 aliphatic carbocycles. The largest absolute Gasteiger partial charge is 0.461 e. The molecule has 0 saturated carbocycles. The van der Waals surface area contributed by atoms with Crippen molar-refractivity contribution >= 4 is 5.91 Å². The van der Waals surface area contributed by atoms with Crippen LogP contribution in [0.5, 0.6) is 0 Å². The Bertz CT molecular complexity index is 577. The van der Waals surface area contributed by atoms with Crippen molar-refractivity contribution in [2.24, 2.45) is 0 Å². The molecule has 2 N–H and O–H groups in total. The maximum Gasteiger partial charge on any atom is 0.248 e. The van der Waals surface area contributed by atoms with Crippen LogP contribution in [0.25, 0.3) is 11.6 Å². The molecular formula is C14H18N4O3. The molecule has 0 bridgehead atoms. The molecule has 1 amide bonds. The Labute approximate surface area is 122 Å². The summed E-state index contributed by atoms with van der Waals surface area (Å²) in [6.07, 6.45) is 3.22. The molecule has 2 heterocycles. The molecule has 7 nitrogen and oxygen atoms in total. The van der Waals surface area contributed by atoms with Gasteiger partial charge < -0.3 is 14.5 Å². The van der Waals surface area contributed by atoms with Crippen molar-refractivity contribution in [1.82, 2.24) is 20.5 Å². The maximum atomic E-state index is 11.7. The van der Waals surface area contributed by atoms with Crippen LogP contribution in [-0.4, -0.2) is 40.3 Å². The number of amides is 1. The Balaban J connectivity index is 1.76. The van der Waals surface area contributed by atoms with Gasteiger partial charge in [0.05, 0.1) is 12.9 Å². The zero-order valence-corrected chi connectivity index (χ0v) is 11.8. The Kier molecular flexibility index (Phi) is 5.28. The standard InChI is InChI=1S/C14H18N4O3/c1-3-8-20-10(2)14(19)15-7-6-12-16-13(18-17-12)11-5-4-9-21-11/h3-5,9-10H,1,6-8H2,2H3,(H,15,19)(H,16,17,18). The lowest BCUT2D eigenvalue weighted by Gasteiger charge is -2.11. The van der Waals surface area contributed by atoms with E-state index in [4.69, 9.17) is 9.15 Å². The quantitative estimate of drug-likeness (QED) is 0.715. The average molecular weight is 290 g/mol. The van der Waals surface area contributed by atoms with Gasteiger partial charge in [-0.1, -0.05) is 6.08 Å². The third kappa shape index (κ3) is 4.28. The smallest absolute Gasteiger partial charge is 0.248 e. The summed E-state index contributed by atoms with van der Waals surface area (Å²) in [6.45, 7) is 6.03. The van der Waals surface area contributed by atoms with Crippen LogP contribution in [0.2, 0.25) is 0 Å². The van der Waals surface area contributed by atoms with E-state index in [-0.39, 0.29) is 5.91 Å². The van der Waals surface area contributed by atoms with Crippen LogP contribution in [0.3, 0.4) is 0 Å². The van der Waals surface area contributed by atoms with Crippen molar-refractivity contribution in [3.05, 3.63) is 36.9 Å². The highest BCUT2D eigenvalue weighted by molar-refractivity contribution is 5.80. The molecule has 1 unspecified atom stereocenters. The number of hydrogen-bond donors (Lipinski definition) is 2. The van der Waals surface area contributed by atoms with Gasteiger partial charge in [-0.15, -0.1) is 6.58 Å². The predicted molar refractivity (Wildman–Crippen MR) is 76.4 cm³/mol. The first-order valence-corrected chi connectivity index (χ1v) is 6.66. The van der Waals surface area contributed by atoms with Gasteiger partial charge in [-0.25, -0.2) is 4.98 Å². The van der Waals surface area contributed by atoms with E-state index in [9.17, 15) is 4.79 Å². The molecule has 0 radical (unpaired) electrons. The predicted octanol–water partition coefficient (Wildman–Crippen LogP) is 1.31. The molecule has 0 aliphatic rings. The third-order valence-corrected chi connectivity index (χ3v) is 2.77. The van der Waals surface area contributed by atoms with Gasteiger partial charge in [0.25, 0.3) is 0 Å². The van der Waals surface area contributed by atoms with Crippen molar-refractivity contribution in [2.45, 2.75) is 19.4 Å². The fourth-order valence-corrected chi connectivity index (χ4v) is 1.66. The average Bonchev–Trinajstić information content (AvgIpc) is 3.15. The maximum absolute atomic E-state index is 11.7. The van der Waals surface area contributed by atoms with Gasteiger partial charge in [-0.2, -0.15) is 5.10 Å². The van der Waals surface area contributed by atoms with Crippen LogP contribution in [0.15, 0.2) is 35.5 Å². The van der Waals surface area contributed by atoms with Crippen LogP contribution in [0.1, 0.15) is 12.7 Å².